The van der Waals surface area contributed by atoms with Crippen LogP contribution in [0.3, 0.4) is 0 Å². The fourth-order valence-corrected chi connectivity index (χ4v) is 3.96. The Hall–Kier alpha value is -2.92. The molecular weight excluding hydrogens is 352 g/mol. The number of benzene rings is 3. The molecular formula is C23H24N2O3. The van der Waals surface area contributed by atoms with Gasteiger partial charge in [-0.3, -0.25) is 9.69 Å². The summed E-state index contributed by atoms with van der Waals surface area (Å²) in [4.78, 5) is 18.8. The van der Waals surface area contributed by atoms with Crippen molar-refractivity contribution in [3.05, 3.63) is 60.2 Å². The summed E-state index contributed by atoms with van der Waals surface area (Å²) in [5.41, 5.74) is 1.05. The number of carbonyl (C=O) groups is 1. The highest BCUT2D eigenvalue weighted by Gasteiger charge is 2.24. The number of hydrogen-bond donors (Lipinski definition) is 1. The van der Waals surface area contributed by atoms with Gasteiger partial charge in [-0.1, -0.05) is 53.7 Å². The molecule has 28 heavy (non-hydrogen) atoms. The van der Waals surface area contributed by atoms with Gasteiger partial charge in [-0.05, 0) is 47.0 Å². The summed E-state index contributed by atoms with van der Waals surface area (Å²) >= 11 is 0. The van der Waals surface area contributed by atoms with Crippen molar-refractivity contribution in [1.82, 2.24) is 4.90 Å². The standard InChI is InChI=1S/C23H24N2O3/c26-23(27)19-8-5-11-25(16-19)12-13-28-24-15-22-20-9-3-1-6-17(20)14-18-7-2-4-10-21(18)22/h1-4,6-7,9-10,14-15,19H,5,8,11-13,16H2,(H,26,27)/b24-15+. The number of oxime groups is 1. The maximum absolute atomic E-state index is 11.2. The number of nitrogens with zero attached hydrogens (tertiary/aromatic N) is 2. The third kappa shape index (κ3) is 3.99. The normalized spacial score (nSPS) is 18.1. The average molecular weight is 376 g/mol. The minimum absolute atomic E-state index is 0.265. The lowest BCUT2D eigenvalue weighted by molar-refractivity contribution is -0.143. The van der Waals surface area contributed by atoms with Gasteiger partial charge in [-0.25, -0.2) is 0 Å². The van der Waals surface area contributed by atoms with Crippen LogP contribution in [0, 0.1) is 5.92 Å². The van der Waals surface area contributed by atoms with Crippen LogP contribution < -0.4 is 0 Å². The fraction of sp³-hybridized carbons (Fsp3) is 0.304. The molecule has 1 aliphatic heterocycles. The molecule has 0 amide bonds. The number of carboxylic acids is 1. The van der Waals surface area contributed by atoms with E-state index in [9.17, 15) is 9.90 Å². The molecule has 0 saturated carbocycles. The van der Waals surface area contributed by atoms with E-state index in [-0.39, 0.29) is 5.92 Å². The summed E-state index contributed by atoms with van der Waals surface area (Å²) in [6.07, 6.45) is 3.47. The molecule has 1 unspecified atom stereocenters. The second-order valence-electron chi connectivity index (χ2n) is 7.28. The van der Waals surface area contributed by atoms with Crippen LogP contribution >= 0.6 is 0 Å². The van der Waals surface area contributed by atoms with Crippen LogP contribution in [-0.2, 0) is 9.63 Å². The van der Waals surface area contributed by atoms with E-state index in [2.05, 4.69) is 40.4 Å². The number of aliphatic carboxylic acids is 1. The molecule has 1 heterocycles. The molecule has 1 saturated heterocycles. The van der Waals surface area contributed by atoms with Crippen LogP contribution in [0.2, 0.25) is 0 Å². The molecule has 1 aliphatic rings. The maximum Gasteiger partial charge on any atom is 0.307 e. The van der Waals surface area contributed by atoms with E-state index < -0.39 is 5.97 Å². The van der Waals surface area contributed by atoms with Crippen LogP contribution in [0.15, 0.2) is 59.8 Å². The third-order valence-corrected chi connectivity index (χ3v) is 5.42. The van der Waals surface area contributed by atoms with E-state index in [4.69, 9.17) is 4.84 Å². The lowest BCUT2D eigenvalue weighted by Gasteiger charge is -2.29. The SMILES string of the molecule is O=C(O)C1CCCN(CCO/N=C/c2c3ccccc3cc3ccccc23)C1. The number of carboxylic acid groups (broad SMARTS) is 1. The number of hydrogen-bond acceptors (Lipinski definition) is 4. The van der Waals surface area contributed by atoms with Crippen molar-refractivity contribution in [3.63, 3.8) is 0 Å². The Labute approximate surface area is 164 Å². The Morgan fingerprint density at radius 3 is 2.50 bits per heavy atom. The monoisotopic (exact) mass is 376 g/mol. The van der Waals surface area contributed by atoms with Crippen molar-refractivity contribution < 1.29 is 14.7 Å². The van der Waals surface area contributed by atoms with E-state index in [1.54, 1.807) is 6.21 Å². The van der Waals surface area contributed by atoms with Crippen LogP contribution in [0.4, 0.5) is 0 Å². The zero-order valence-electron chi connectivity index (χ0n) is 15.8. The highest BCUT2D eigenvalue weighted by molar-refractivity contribution is 6.13. The molecule has 1 fully saturated rings. The van der Waals surface area contributed by atoms with Crippen molar-refractivity contribution in [2.45, 2.75) is 12.8 Å². The van der Waals surface area contributed by atoms with Crippen LogP contribution in [0.25, 0.3) is 21.5 Å². The van der Waals surface area contributed by atoms with Gasteiger partial charge in [0.1, 0.15) is 6.61 Å². The third-order valence-electron chi connectivity index (χ3n) is 5.42. The second kappa shape index (κ2) is 8.40. The quantitative estimate of drug-likeness (QED) is 0.304. The molecule has 3 aromatic rings. The summed E-state index contributed by atoms with van der Waals surface area (Å²) in [5, 5.41) is 18.0. The number of rotatable bonds is 6. The molecule has 3 aromatic carbocycles. The predicted octanol–water partition coefficient (Wildman–Crippen LogP) is 4.14. The Bertz CT molecular complexity index is 961. The van der Waals surface area contributed by atoms with Gasteiger partial charge >= 0.3 is 5.97 Å². The Morgan fingerprint density at radius 2 is 1.82 bits per heavy atom. The molecule has 1 N–H and O–H groups in total. The molecule has 0 bridgehead atoms. The Morgan fingerprint density at radius 1 is 1.14 bits per heavy atom. The van der Waals surface area contributed by atoms with E-state index in [0.717, 1.165) is 35.7 Å². The zero-order chi connectivity index (χ0) is 19.3. The summed E-state index contributed by atoms with van der Waals surface area (Å²) in [5.74, 6) is -0.967. The molecule has 0 radical (unpaired) electrons. The maximum atomic E-state index is 11.2. The highest BCUT2D eigenvalue weighted by Crippen LogP contribution is 2.27. The van der Waals surface area contributed by atoms with Gasteiger partial charge in [0.05, 0.1) is 12.1 Å². The molecule has 5 heteroatoms. The molecule has 0 aliphatic carbocycles. The van der Waals surface area contributed by atoms with Crippen LogP contribution in [0.5, 0.6) is 0 Å². The first-order valence-corrected chi connectivity index (χ1v) is 9.73. The van der Waals surface area contributed by atoms with Gasteiger partial charge in [-0.15, -0.1) is 0 Å². The minimum Gasteiger partial charge on any atom is -0.481 e. The van der Waals surface area contributed by atoms with Gasteiger partial charge in [-0.2, -0.15) is 0 Å². The molecule has 5 nitrogen and oxygen atoms in total. The van der Waals surface area contributed by atoms with Gasteiger partial charge in [0.15, 0.2) is 0 Å². The van der Waals surface area contributed by atoms with Crippen LogP contribution in [-0.4, -0.2) is 48.4 Å². The number of likely N-dealkylation sites (tertiary alicyclic amines) is 1. The Balaban J connectivity index is 1.44. The topological polar surface area (TPSA) is 62.1 Å². The largest absolute Gasteiger partial charge is 0.481 e. The minimum atomic E-state index is -0.702. The summed E-state index contributed by atoms with van der Waals surface area (Å²) in [6.45, 7) is 2.66. The average Bonchev–Trinajstić information content (AvgIpc) is 2.73. The van der Waals surface area contributed by atoms with E-state index in [0.29, 0.717) is 19.7 Å². The van der Waals surface area contributed by atoms with Gasteiger partial charge in [0.2, 0.25) is 0 Å². The van der Waals surface area contributed by atoms with Crippen LogP contribution in [0.1, 0.15) is 18.4 Å². The van der Waals surface area contributed by atoms with Gasteiger partial charge < -0.3 is 9.94 Å². The number of piperidine rings is 1. The zero-order valence-corrected chi connectivity index (χ0v) is 15.8. The molecule has 1 atom stereocenters. The van der Waals surface area contributed by atoms with Gasteiger partial charge in [0.25, 0.3) is 0 Å². The van der Waals surface area contributed by atoms with E-state index >= 15 is 0 Å². The molecule has 0 aromatic heterocycles. The van der Waals surface area contributed by atoms with Crippen molar-refractivity contribution in [2.24, 2.45) is 11.1 Å². The predicted molar refractivity (Wildman–Crippen MR) is 112 cm³/mol. The first-order valence-electron chi connectivity index (χ1n) is 9.73. The fourth-order valence-electron chi connectivity index (χ4n) is 3.96. The molecule has 4 rings (SSSR count). The lowest BCUT2D eigenvalue weighted by Crippen LogP contribution is -2.40. The van der Waals surface area contributed by atoms with Gasteiger partial charge in [0, 0.05) is 18.7 Å². The Kier molecular flexibility index (Phi) is 5.53. The van der Waals surface area contributed by atoms with Crippen molar-refractivity contribution in [2.75, 3.05) is 26.2 Å². The lowest BCUT2D eigenvalue weighted by atomic mass is 9.97. The van der Waals surface area contributed by atoms with Crippen molar-refractivity contribution in [3.8, 4) is 0 Å². The van der Waals surface area contributed by atoms with E-state index in [1.165, 1.54) is 10.8 Å². The summed E-state index contributed by atoms with van der Waals surface area (Å²) < 4.78 is 0. The molecule has 144 valence electrons. The van der Waals surface area contributed by atoms with Crippen molar-refractivity contribution >= 4 is 33.7 Å². The molecule has 0 spiro atoms. The first-order chi connectivity index (χ1) is 13.7. The first kappa shape index (κ1) is 18.4. The smallest absolute Gasteiger partial charge is 0.307 e. The summed E-state index contributed by atoms with van der Waals surface area (Å²) in [7, 11) is 0. The van der Waals surface area contributed by atoms with Crippen molar-refractivity contribution in [1.29, 1.82) is 0 Å². The van der Waals surface area contributed by atoms with E-state index in [1.807, 2.05) is 24.3 Å². The summed E-state index contributed by atoms with van der Waals surface area (Å²) in [6, 6.07) is 18.7. The number of fused-ring (bicyclic) bond motifs is 2. The second-order valence-corrected chi connectivity index (χ2v) is 7.28. The highest BCUT2D eigenvalue weighted by atomic mass is 16.6.